The van der Waals surface area contributed by atoms with Crippen molar-refractivity contribution in [3.8, 4) is 11.1 Å². The molecule has 126 valence electrons. The number of hydrogen-bond donors (Lipinski definition) is 2. The molecule has 3 N–H and O–H groups in total. The molecule has 0 aliphatic heterocycles. The van der Waals surface area contributed by atoms with Gasteiger partial charge in [0.25, 0.3) is 0 Å². The summed E-state index contributed by atoms with van der Waals surface area (Å²) in [6.45, 7) is 1.55. The lowest BCUT2D eigenvalue weighted by Gasteiger charge is -2.11. The predicted octanol–water partition coefficient (Wildman–Crippen LogP) is 3.45. The van der Waals surface area contributed by atoms with Crippen molar-refractivity contribution in [1.29, 1.82) is 0 Å². The number of quaternary nitrogens is 1. The van der Waals surface area contributed by atoms with Crippen LogP contribution in [0.3, 0.4) is 0 Å². The van der Waals surface area contributed by atoms with E-state index in [0.29, 0.717) is 5.56 Å². The zero-order chi connectivity index (χ0) is 17.6. The standard InChI is InChI=1S/C20H19N3O2/c1-14(24)15-8-9-19(20(12-15)23-25-2)22-18-7-3-5-16(11-18)17-6-4-10-21-13-17/h3-13,22-23H,1-2H3/p+1. The second-order valence-electron chi connectivity index (χ2n) is 5.66. The number of nitrogens with two attached hydrogens (primary N) is 1. The molecule has 3 rings (SSSR count). The summed E-state index contributed by atoms with van der Waals surface area (Å²) in [5, 5.41) is 3.39. The van der Waals surface area contributed by atoms with E-state index < -0.39 is 0 Å². The van der Waals surface area contributed by atoms with Crippen molar-refractivity contribution in [2.24, 2.45) is 0 Å². The highest BCUT2D eigenvalue weighted by atomic mass is 16.6. The third-order valence-electron chi connectivity index (χ3n) is 3.84. The average Bonchev–Trinajstić information content (AvgIpc) is 2.64. The van der Waals surface area contributed by atoms with E-state index in [1.54, 1.807) is 25.7 Å². The van der Waals surface area contributed by atoms with Crippen molar-refractivity contribution >= 4 is 22.8 Å². The number of pyridine rings is 1. The number of carbonyl (C=O) groups is 1. The molecule has 0 amide bonds. The molecule has 1 aromatic heterocycles. The van der Waals surface area contributed by atoms with Crippen LogP contribution in [0.25, 0.3) is 11.1 Å². The number of nitrogens with one attached hydrogen (secondary N) is 1. The second-order valence-corrected chi connectivity index (χ2v) is 5.66. The van der Waals surface area contributed by atoms with Gasteiger partial charge in [0.1, 0.15) is 5.69 Å². The maximum absolute atomic E-state index is 11.6. The highest BCUT2D eigenvalue weighted by molar-refractivity contribution is 5.95. The number of Topliss-reactive ketones (excluding diaryl/α,β-unsaturated/α-hetero) is 1. The molecule has 3 aromatic rings. The van der Waals surface area contributed by atoms with Crippen LogP contribution < -0.4 is 10.8 Å². The van der Waals surface area contributed by atoms with Crippen molar-refractivity contribution < 1.29 is 15.1 Å². The molecule has 0 atom stereocenters. The molecule has 0 spiro atoms. The Labute approximate surface area is 146 Å². The number of rotatable bonds is 6. The molecule has 0 aliphatic rings. The van der Waals surface area contributed by atoms with Gasteiger partial charge < -0.3 is 5.32 Å². The molecule has 0 radical (unpaired) electrons. The number of aromatic nitrogens is 1. The minimum Gasteiger partial charge on any atom is -0.351 e. The molecule has 0 unspecified atom stereocenters. The molecule has 25 heavy (non-hydrogen) atoms. The number of anilines is 2. The number of carbonyl (C=O) groups excluding carboxylic acids is 1. The minimum atomic E-state index is 0.0240. The maximum atomic E-state index is 11.6. The van der Waals surface area contributed by atoms with E-state index in [1.807, 2.05) is 54.7 Å². The largest absolute Gasteiger partial charge is 0.351 e. The zero-order valence-electron chi connectivity index (χ0n) is 14.2. The van der Waals surface area contributed by atoms with Gasteiger partial charge in [-0.05, 0) is 42.8 Å². The van der Waals surface area contributed by atoms with E-state index in [2.05, 4.69) is 16.4 Å². The van der Waals surface area contributed by atoms with Gasteiger partial charge in [-0.1, -0.05) is 18.2 Å². The lowest BCUT2D eigenvalue weighted by atomic mass is 10.1. The second kappa shape index (κ2) is 7.70. The van der Waals surface area contributed by atoms with E-state index >= 15 is 0 Å². The number of benzene rings is 2. The van der Waals surface area contributed by atoms with Gasteiger partial charge in [-0.2, -0.15) is 5.48 Å². The third-order valence-corrected chi connectivity index (χ3v) is 3.84. The Balaban J connectivity index is 1.91. The highest BCUT2D eigenvalue weighted by Gasteiger charge is 2.11. The van der Waals surface area contributed by atoms with Crippen LogP contribution in [0.5, 0.6) is 0 Å². The van der Waals surface area contributed by atoms with Crippen LogP contribution in [0.4, 0.5) is 17.1 Å². The summed E-state index contributed by atoms with van der Waals surface area (Å²) < 4.78 is 0. The Morgan fingerprint density at radius 3 is 2.64 bits per heavy atom. The van der Waals surface area contributed by atoms with E-state index in [9.17, 15) is 4.79 Å². The summed E-state index contributed by atoms with van der Waals surface area (Å²) in [5.41, 5.74) is 7.05. The summed E-state index contributed by atoms with van der Waals surface area (Å²) in [6, 6.07) is 17.6. The Kier molecular flexibility index (Phi) is 5.18. The number of nitrogens with zero attached hydrogens (tertiary/aromatic N) is 1. The quantitative estimate of drug-likeness (QED) is 0.412. The van der Waals surface area contributed by atoms with Crippen LogP contribution in [0.2, 0.25) is 0 Å². The van der Waals surface area contributed by atoms with E-state index in [1.165, 1.54) is 0 Å². The molecule has 1 heterocycles. The van der Waals surface area contributed by atoms with Gasteiger partial charge >= 0.3 is 0 Å². The molecule has 5 heteroatoms. The van der Waals surface area contributed by atoms with Gasteiger partial charge in [0.2, 0.25) is 0 Å². The van der Waals surface area contributed by atoms with Crippen LogP contribution in [0.1, 0.15) is 17.3 Å². The molecular weight excluding hydrogens is 314 g/mol. The normalized spacial score (nSPS) is 10.5. The first-order valence-corrected chi connectivity index (χ1v) is 7.96. The summed E-state index contributed by atoms with van der Waals surface area (Å²) in [5.74, 6) is 0.0240. The van der Waals surface area contributed by atoms with Crippen molar-refractivity contribution in [3.05, 3.63) is 72.6 Å². The van der Waals surface area contributed by atoms with E-state index in [4.69, 9.17) is 4.84 Å². The lowest BCUT2D eigenvalue weighted by molar-refractivity contribution is -0.829. The van der Waals surface area contributed by atoms with E-state index in [-0.39, 0.29) is 5.78 Å². The summed E-state index contributed by atoms with van der Waals surface area (Å²) >= 11 is 0. The lowest BCUT2D eigenvalue weighted by Crippen LogP contribution is -2.76. The molecule has 0 saturated carbocycles. The number of hydrogen-bond acceptors (Lipinski definition) is 4. The van der Waals surface area contributed by atoms with Crippen molar-refractivity contribution in [1.82, 2.24) is 4.98 Å². The van der Waals surface area contributed by atoms with Gasteiger partial charge in [0.05, 0.1) is 7.11 Å². The maximum Gasteiger partial charge on any atom is 0.186 e. The van der Waals surface area contributed by atoms with Gasteiger partial charge in [-0.15, -0.1) is 0 Å². The first-order valence-electron chi connectivity index (χ1n) is 7.96. The molecule has 5 nitrogen and oxygen atoms in total. The van der Waals surface area contributed by atoms with Gasteiger partial charge in [0.15, 0.2) is 11.5 Å². The monoisotopic (exact) mass is 334 g/mol. The first kappa shape index (κ1) is 16.8. The third kappa shape index (κ3) is 4.09. The van der Waals surface area contributed by atoms with Crippen molar-refractivity contribution in [2.45, 2.75) is 6.92 Å². The van der Waals surface area contributed by atoms with Gasteiger partial charge in [0, 0.05) is 35.3 Å². The van der Waals surface area contributed by atoms with Crippen LogP contribution in [-0.2, 0) is 4.84 Å². The fourth-order valence-corrected chi connectivity index (χ4v) is 2.59. The van der Waals surface area contributed by atoms with Crippen LogP contribution in [0.15, 0.2) is 67.0 Å². The van der Waals surface area contributed by atoms with Gasteiger partial charge in [-0.3, -0.25) is 9.78 Å². The molecular formula is C20H20N3O2+. The molecule has 0 fully saturated rings. The van der Waals surface area contributed by atoms with Crippen LogP contribution in [-0.4, -0.2) is 17.9 Å². The minimum absolute atomic E-state index is 0.0240. The van der Waals surface area contributed by atoms with Crippen LogP contribution in [0, 0.1) is 0 Å². The average molecular weight is 334 g/mol. The van der Waals surface area contributed by atoms with Crippen molar-refractivity contribution in [2.75, 3.05) is 12.4 Å². The summed E-state index contributed by atoms with van der Waals surface area (Å²) in [4.78, 5) is 20.9. The Hall–Kier alpha value is -3.02. The summed E-state index contributed by atoms with van der Waals surface area (Å²) in [7, 11) is 1.59. The smallest absolute Gasteiger partial charge is 0.186 e. The van der Waals surface area contributed by atoms with Gasteiger partial charge in [-0.25, -0.2) is 4.84 Å². The molecule has 0 saturated heterocycles. The molecule has 0 aliphatic carbocycles. The van der Waals surface area contributed by atoms with E-state index in [0.717, 1.165) is 28.2 Å². The predicted molar refractivity (Wildman–Crippen MR) is 98.0 cm³/mol. The van der Waals surface area contributed by atoms with Crippen LogP contribution >= 0.6 is 0 Å². The zero-order valence-corrected chi connectivity index (χ0v) is 14.2. The Morgan fingerprint density at radius 1 is 1.08 bits per heavy atom. The SMILES string of the molecule is CO[NH2+]c1cc(C(C)=O)ccc1Nc1cccc(-c2cccnc2)c1. The first-order chi connectivity index (χ1) is 12.2. The van der Waals surface area contributed by atoms with Crippen molar-refractivity contribution in [3.63, 3.8) is 0 Å². The fourth-order valence-electron chi connectivity index (χ4n) is 2.59. The Bertz CT molecular complexity index is 879. The number of ketones is 1. The topological polar surface area (TPSA) is 67.8 Å². The highest BCUT2D eigenvalue weighted by Crippen LogP contribution is 2.27. The fraction of sp³-hybridized carbons (Fsp3) is 0.100. The molecule has 2 aromatic carbocycles. The molecule has 0 bridgehead atoms. The Morgan fingerprint density at radius 2 is 1.92 bits per heavy atom. The summed E-state index contributed by atoms with van der Waals surface area (Å²) in [6.07, 6.45) is 3.60.